The summed E-state index contributed by atoms with van der Waals surface area (Å²) in [7, 11) is 2.00. The number of aryl methyl sites for hydroxylation is 1. The Hall–Kier alpha value is -0.830. The average Bonchev–Trinajstić information content (AvgIpc) is 2.73. The predicted molar refractivity (Wildman–Crippen MR) is 71.0 cm³/mol. The molecule has 3 heteroatoms. The second-order valence-electron chi connectivity index (χ2n) is 5.50. The van der Waals surface area contributed by atoms with Crippen LogP contribution in [0.1, 0.15) is 44.7 Å². The van der Waals surface area contributed by atoms with Crippen molar-refractivity contribution in [3.63, 3.8) is 0 Å². The van der Waals surface area contributed by atoms with E-state index in [1.165, 1.54) is 37.8 Å². The van der Waals surface area contributed by atoms with Crippen molar-refractivity contribution in [2.24, 2.45) is 12.5 Å². The first kappa shape index (κ1) is 12.6. The van der Waals surface area contributed by atoms with Crippen LogP contribution < -0.4 is 5.32 Å². The van der Waals surface area contributed by atoms with Gasteiger partial charge in [-0.2, -0.15) is 5.10 Å². The molecule has 0 amide bonds. The first-order valence-corrected chi connectivity index (χ1v) is 6.93. The van der Waals surface area contributed by atoms with E-state index in [9.17, 15) is 0 Å². The molecule has 96 valence electrons. The van der Waals surface area contributed by atoms with Gasteiger partial charge < -0.3 is 5.32 Å². The van der Waals surface area contributed by atoms with Crippen molar-refractivity contribution in [2.75, 3.05) is 13.1 Å². The SMILES string of the molecule is CCNCC1(Cc2ccn(C)n2)CCCCC1. The third kappa shape index (κ3) is 3.32. The fourth-order valence-corrected chi connectivity index (χ4v) is 3.05. The maximum absolute atomic E-state index is 4.55. The van der Waals surface area contributed by atoms with Crippen molar-refractivity contribution >= 4 is 0 Å². The Morgan fingerprint density at radius 1 is 1.35 bits per heavy atom. The van der Waals surface area contributed by atoms with Gasteiger partial charge in [0.2, 0.25) is 0 Å². The lowest BCUT2D eigenvalue weighted by molar-refractivity contribution is 0.180. The lowest BCUT2D eigenvalue weighted by Gasteiger charge is -2.37. The molecule has 17 heavy (non-hydrogen) atoms. The quantitative estimate of drug-likeness (QED) is 0.850. The predicted octanol–water partition coefficient (Wildman–Crippen LogP) is 2.52. The molecule has 0 aliphatic heterocycles. The van der Waals surface area contributed by atoms with E-state index in [0.717, 1.165) is 19.5 Å². The summed E-state index contributed by atoms with van der Waals surface area (Å²) < 4.78 is 1.92. The Balaban J connectivity index is 2.03. The van der Waals surface area contributed by atoms with Crippen molar-refractivity contribution in [3.05, 3.63) is 18.0 Å². The van der Waals surface area contributed by atoms with Gasteiger partial charge in [-0.25, -0.2) is 0 Å². The zero-order chi connectivity index (χ0) is 12.1. The van der Waals surface area contributed by atoms with E-state index in [4.69, 9.17) is 0 Å². The summed E-state index contributed by atoms with van der Waals surface area (Å²) in [5.41, 5.74) is 1.72. The number of aromatic nitrogens is 2. The number of hydrogen-bond donors (Lipinski definition) is 1. The molecule has 0 saturated heterocycles. The minimum absolute atomic E-state index is 0.461. The number of nitrogens with one attached hydrogen (secondary N) is 1. The van der Waals surface area contributed by atoms with Gasteiger partial charge in [-0.15, -0.1) is 0 Å². The summed E-state index contributed by atoms with van der Waals surface area (Å²) in [6.45, 7) is 4.42. The van der Waals surface area contributed by atoms with Gasteiger partial charge >= 0.3 is 0 Å². The van der Waals surface area contributed by atoms with Crippen molar-refractivity contribution in [1.82, 2.24) is 15.1 Å². The van der Waals surface area contributed by atoms with Gasteiger partial charge in [0, 0.05) is 19.8 Å². The van der Waals surface area contributed by atoms with E-state index in [0.29, 0.717) is 5.41 Å². The monoisotopic (exact) mass is 235 g/mol. The first-order valence-electron chi connectivity index (χ1n) is 6.93. The van der Waals surface area contributed by atoms with Crippen molar-refractivity contribution < 1.29 is 0 Å². The molecular formula is C14H25N3. The highest BCUT2D eigenvalue weighted by Gasteiger charge is 2.32. The number of nitrogens with zero attached hydrogens (tertiary/aromatic N) is 2. The Bertz CT molecular complexity index is 337. The molecule has 3 nitrogen and oxygen atoms in total. The highest BCUT2D eigenvalue weighted by atomic mass is 15.2. The van der Waals surface area contributed by atoms with E-state index in [-0.39, 0.29) is 0 Å². The van der Waals surface area contributed by atoms with Gasteiger partial charge in [-0.05, 0) is 37.3 Å². The van der Waals surface area contributed by atoms with Crippen LogP contribution in [0.2, 0.25) is 0 Å². The molecule has 1 heterocycles. The molecule has 0 bridgehead atoms. The molecule has 0 atom stereocenters. The zero-order valence-corrected chi connectivity index (χ0v) is 11.2. The van der Waals surface area contributed by atoms with Crippen LogP contribution in [-0.2, 0) is 13.5 Å². The topological polar surface area (TPSA) is 29.9 Å². The van der Waals surface area contributed by atoms with Crippen LogP contribution in [0, 0.1) is 5.41 Å². The van der Waals surface area contributed by atoms with Crippen LogP contribution in [0.5, 0.6) is 0 Å². The maximum atomic E-state index is 4.55. The maximum Gasteiger partial charge on any atom is 0.0630 e. The van der Waals surface area contributed by atoms with Crippen molar-refractivity contribution in [3.8, 4) is 0 Å². The molecule has 1 N–H and O–H groups in total. The Kier molecular flexibility index (Phi) is 4.21. The minimum atomic E-state index is 0.461. The summed E-state index contributed by atoms with van der Waals surface area (Å²) in [5, 5.41) is 8.10. The number of hydrogen-bond acceptors (Lipinski definition) is 2. The second-order valence-corrected chi connectivity index (χ2v) is 5.50. The Labute approximate surface area is 105 Å². The summed E-state index contributed by atoms with van der Waals surface area (Å²) in [6.07, 6.45) is 10.1. The van der Waals surface area contributed by atoms with Crippen molar-refractivity contribution in [1.29, 1.82) is 0 Å². The van der Waals surface area contributed by atoms with Crippen LogP contribution >= 0.6 is 0 Å². The fraction of sp³-hybridized carbons (Fsp3) is 0.786. The van der Waals surface area contributed by atoms with E-state index >= 15 is 0 Å². The van der Waals surface area contributed by atoms with Crippen LogP contribution in [0.4, 0.5) is 0 Å². The van der Waals surface area contributed by atoms with E-state index in [1.54, 1.807) is 0 Å². The van der Waals surface area contributed by atoms with Gasteiger partial charge in [0.05, 0.1) is 5.69 Å². The van der Waals surface area contributed by atoms with E-state index < -0.39 is 0 Å². The van der Waals surface area contributed by atoms with Gasteiger partial charge in [-0.3, -0.25) is 4.68 Å². The molecule has 0 radical (unpaired) electrons. The molecule has 1 aromatic heterocycles. The van der Waals surface area contributed by atoms with Gasteiger partial charge in [0.25, 0.3) is 0 Å². The molecule has 0 aromatic carbocycles. The highest BCUT2D eigenvalue weighted by Crippen LogP contribution is 2.38. The van der Waals surface area contributed by atoms with Gasteiger partial charge in [0.1, 0.15) is 0 Å². The molecule has 1 aromatic rings. The van der Waals surface area contributed by atoms with Gasteiger partial charge in [0.15, 0.2) is 0 Å². The summed E-state index contributed by atoms with van der Waals surface area (Å²) >= 11 is 0. The van der Waals surface area contributed by atoms with Crippen LogP contribution in [0.25, 0.3) is 0 Å². The largest absolute Gasteiger partial charge is 0.316 e. The summed E-state index contributed by atoms with van der Waals surface area (Å²) in [4.78, 5) is 0. The fourth-order valence-electron chi connectivity index (χ4n) is 3.05. The lowest BCUT2D eigenvalue weighted by Crippen LogP contribution is -2.38. The highest BCUT2D eigenvalue weighted by molar-refractivity contribution is 5.04. The standard InChI is InChI=1S/C14H25N3/c1-3-15-12-14(8-5-4-6-9-14)11-13-7-10-17(2)16-13/h7,10,15H,3-6,8-9,11-12H2,1-2H3. The van der Waals surface area contributed by atoms with E-state index in [1.807, 2.05) is 11.7 Å². The molecular weight excluding hydrogens is 210 g/mol. The molecule has 1 fully saturated rings. The minimum Gasteiger partial charge on any atom is -0.316 e. The second kappa shape index (κ2) is 5.67. The molecule has 1 aliphatic rings. The normalized spacial score (nSPS) is 19.4. The Morgan fingerprint density at radius 2 is 2.12 bits per heavy atom. The van der Waals surface area contributed by atoms with Gasteiger partial charge in [-0.1, -0.05) is 26.2 Å². The number of rotatable bonds is 5. The summed E-state index contributed by atoms with van der Waals surface area (Å²) in [6, 6.07) is 2.17. The molecule has 0 unspecified atom stereocenters. The van der Waals surface area contributed by atoms with E-state index in [2.05, 4.69) is 29.6 Å². The van der Waals surface area contributed by atoms with Crippen LogP contribution in [-0.4, -0.2) is 22.9 Å². The van der Waals surface area contributed by atoms with Crippen LogP contribution in [0.3, 0.4) is 0 Å². The average molecular weight is 235 g/mol. The smallest absolute Gasteiger partial charge is 0.0630 e. The summed E-state index contributed by atoms with van der Waals surface area (Å²) in [5.74, 6) is 0. The molecule has 2 rings (SSSR count). The third-order valence-electron chi connectivity index (χ3n) is 3.99. The van der Waals surface area contributed by atoms with Crippen LogP contribution in [0.15, 0.2) is 12.3 Å². The molecule has 1 saturated carbocycles. The third-order valence-corrected chi connectivity index (χ3v) is 3.99. The first-order chi connectivity index (χ1) is 8.24. The molecule has 0 spiro atoms. The van der Waals surface area contributed by atoms with Crippen molar-refractivity contribution in [2.45, 2.75) is 45.4 Å². The Morgan fingerprint density at radius 3 is 2.71 bits per heavy atom. The lowest BCUT2D eigenvalue weighted by atomic mass is 9.71. The zero-order valence-electron chi connectivity index (χ0n) is 11.2. The molecule has 1 aliphatic carbocycles.